The number of nitrogens with one attached hydrogen (secondary N) is 1. The largest absolute Gasteiger partial charge is 0.370 e. The molecule has 0 radical (unpaired) electrons. The van der Waals surface area contributed by atoms with Crippen LogP contribution in [0.2, 0.25) is 0 Å². The SMILES string of the molecule is CCOC(c1nc(CC)c2c(n1)CNC2)C1CC1. The van der Waals surface area contributed by atoms with Crippen molar-refractivity contribution in [3.05, 3.63) is 22.8 Å². The molecule has 0 aromatic carbocycles. The van der Waals surface area contributed by atoms with Gasteiger partial charge in [0.05, 0.1) is 5.69 Å². The minimum absolute atomic E-state index is 0.117. The van der Waals surface area contributed by atoms with E-state index in [1.807, 2.05) is 6.92 Å². The zero-order valence-corrected chi connectivity index (χ0v) is 11.2. The molecule has 1 saturated carbocycles. The van der Waals surface area contributed by atoms with Gasteiger partial charge in [-0.25, -0.2) is 9.97 Å². The Balaban J connectivity index is 1.95. The van der Waals surface area contributed by atoms with Gasteiger partial charge in [-0.15, -0.1) is 0 Å². The van der Waals surface area contributed by atoms with Crippen molar-refractivity contribution in [1.29, 1.82) is 0 Å². The smallest absolute Gasteiger partial charge is 0.157 e. The Kier molecular flexibility index (Phi) is 3.31. The number of hydrogen-bond acceptors (Lipinski definition) is 4. The van der Waals surface area contributed by atoms with E-state index in [4.69, 9.17) is 14.7 Å². The first-order valence-electron chi connectivity index (χ1n) is 7.04. The molecule has 4 heteroatoms. The van der Waals surface area contributed by atoms with Gasteiger partial charge in [0.1, 0.15) is 6.10 Å². The summed E-state index contributed by atoms with van der Waals surface area (Å²) in [6, 6.07) is 0. The predicted molar refractivity (Wildman–Crippen MR) is 69.0 cm³/mol. The number of aromatic nitrogens is 2. The van der Waals surface area contributed by atoms with E-state index >= 15 is 0 Å². The Labute approximate surface area is 108 Å². The highest BCUT2D eigenvalue weighted by molar-refractivity contribution is 5.30. The van der Waals surface area contributed by atoms with Crippen molar-refractivity contribution in [3.8, 4) is 0 Å². The standard InChI is InChI=1S/C14H21N3O/c1-3-11-10-7-15-8-12(10)17-14(16-11)13(18-4-2)9-5-6-9/h9,13,15H,3-8H2,1-2H3. The molecule has 2 heterocycles. The second-order valence-corrected chi connectivity index (χ2v) is 5.12. The number of hydrogen-bond donors (Lipinski definition) is 1. The topological polar surface area (TPSA) is 47.0 Å². The van der Waals surface area contributed by atoms with E-state index in [9.17, 15) is 0 Å². The van der Waals surface area contributed by atoms with Crippen LogP contribution in [0.4, 0.5) is 0 Å². The van der Waals surface area contributed by atoms with Gasteiger partial charge in [-0.2, -0.15) is 0 Å². The summed E-state index contributed by atoms with van der Waals surface area (Å²) in [5.74, 6) is 1.56. The first-order chi connectivity index (χ1) is 8.83. The van der Waals surface area contributed by atoms with E-state index < -0.39 is 0 Å². The van der Waals surface area contributed by atoms with Crippen molar-refractivity contribution in [3.63, 3.8) is 0 Å². The third-order valence-electron chi connectivity index (χ3n) is 3.78. The molecule has 18 heavy (non-hydrogen) atoms. The molecule has 98 valence electrons. The van der Waals surface area contributed by atoms with Crippen LogP contribution in [-0.4, -0.2) is 16.6 Å². The summed E-state index contributed by atoms with van der Waals surface area (Å²) in [5.41, 5.74) is 3.69. The Morgan fingerprint density at radius 1 is 1.28 bits per heavy atom. The summed E-state index contributed by atoms with van der Waals surface area (Å²) in [6.45, 7) is 6.74. The molecule has 1 aromatic heterocycles. The summed E-state index contributed by atoms with van der Waals surface area (Å²) in [4.78, 5) is 9.51. The molecule has 0 saturated heterocycles. The Bertz CT molecular complexity index is 443. The fourth-order valence-corrected chi connectivity index (χ4v) is 2.68. The van der Waals surface area contributed by atoms with Crippen LogP contribution in [0, 0.1) is 5.92 Å². The van der Waals surface area contributed by atoms with Gasteiger partial charge in [-0.05, 0) is 32.1 Å². The molecular weight excluding hydrogens is 226 g/mol. The van der Waals surface area contributed by atoms with Crippen LogP contribution in [0.1, 0.15) is 55.6 Å². The van der Waals surface area contributed by atoms with Crippen LogP contribution < -0.4 is 5.32 Å². The maximum atomic E-state index is 5.87. The number of fused-ring (bicyclic) bond motifs is 1. The van der Waals surface area contributed by atoms with E-state index in [2.05, 4.69) is 12.2 Å². The third-order valence-corrected chi connectivity index (χ3v) is 3.78. The zero-order chi connectivity index (χ0) is 12.5. The van der Waals surface area contributed by atoms with Crippen molar-refractivity contribution in [2.24, 2.45) is 5.92 Å². The zero-order valence-electron chi connectivity index (χ0n) is 11.2. The van der Waals surface area contributed by atoms with E-state index in [1.54, 1.807) is 0 Å². The number of nitrogens with zero attached hydrogens (tertiary/aromatic N) is 2. The summed E-state index contributed by atoms with van der Waals surface area (Å²) in [5, 5.41) is 3.36. The minimum atomic E-state index is 0.117. The molecule has 1 fully saturated rings. The van der Waals surface area contributed by atoms with E-state index in [0.29, 0.717) is 5.92 Å². The highest BCUT2D eigenvalue weighted by Crippen LogP contribution is 2.42. The number of ether oxygens (including phenoxy) is 1. The van der Waals surface area contributed by atoms with E-state index in [1.165, 1.54) is 29.8 Å². The molecule has 0 amide bonds. The van der Waals surface area contributed by atoms with Crippen LogP contribution in [0.5, 0.6) is 0 Å². The van der Waals surface area contributed by atoms with E-state index in [0.717, 1.165) is 31.9 Å². The summed E-state index contributed by atoms with van der Waals surface area (Å²) in [7, 11) is 0. The monoisotopic (exact) mass is 247 g/mol. The highest BCUT2D eigenvalue weighted by atomic mass is 16.5. The van der Waals surface area contributed by atoms with Crippen molar-refractivity contribution >= 4 is 0 Å². The van der Waals surface area contributed by atoms with Crippen molar-refractivity contribution in [1.82, 2.24) is 15.3 Å². The molecule has 1 aliphatic heterocycles. The molecule has 0 bridgehead atoms. The van der Waals surface area contributed by atoms with Crippen LogP contribution in [0.3, 0.4) is 0 Å². The maximum Gasteiger partial charge on any atom is 0.157 e. The van der Waals surface area contributed by atoms with Crippen LogP contribution in [-0.2, 0) is 24.2 Å². The first kappa shape index (κ1) is 12.1. The molecule has 1 aromatic rings. The summed E-state index contributed by atoms with van der Waals surface area (Å²) >= 11 is 0. The lowest BCUT2D eigenvalue weighted by Gasteiger charge is -2.17. The Morgan fingerprint density at radius 3 is 2.78 bits per heavy atom. The predicted octanol–water partition coefficient (Wildman–Crippen LogP) is 2.13. The highest BCUT2D eigenvalue weighted by Gasteiger charge is 2.35. The van der Waals surface area contributed by atoms with Gasteiger partial charge in [-0.1, -0.05) is 6.92 Å². The molecule has 3 rings (SSSR count). The molecule has 4 nitrogen and oxygen atoms in total. The summed E-state index contributed by atoms with van der Waals surface area (Å²) in [6.07, 6.45) is 3.60. The van der Waals surface area contributed by atoms with Crippen molar-refractivity contribution in [2.75, 3.05) is 6.61 Å². The fraction of sp³-hybridized carbons (Fsp3) is 0.714. The van der Waals surface area contributed by atoms with Crippen LogP contribution in [0.25, 0.3) is 0 Å². The molecule has 0 spiro atoms. The summed E-state index contributed by atoms with van der Waals surface area (Å²) < 4.78 is 5.87. The molecular formula is C14H21N3O. The van der Waals surface area contributed by atoms with Gasteiger partial charge in [0.15, 0.2) is 5.82 Å². The normalized spacial score (nSPS) is 19.9. The molecule has 1 atom stereocenters. The minimum Gasteiger partial charge on any atom is -0.370 e. The number of rotatable bonds is 5. The van der Waals surface area contributed by atoms with Gasteiger partial charge in [0, 0.05) is 31.0 Å². The van der Waals surface area contributed by atoms with Gasteiger partial charge in [0.2, 0.25) is 0 Å². The van der Waals surface area contributed by atoms with Gasteiger partial charge in [-0.3, -0.25) is 0 Å². The second kappa shape index (κ2) is 4.94. The first-order valence-corrected chi connectivity index (χ1v) is 7.04. The Hall–Kier alpha value is -1.00. The number of aryl methyl sites for hydroxylation is 1. The quantitative estimate of drug-likeness (QED) is 0.866. The average Bonchev–Trinajstić information content (AvgIpc) is 3.11. The third kappa shape index (κ3) is 2.15. The van der Waals surface area contributed by atoms with Gasteiger partial charge in [0.25, 0.3) is 0 Å². The average molecular weight is 247 g/mol. The lowest BCUT2D eigenvalue weighted by Crippen LogP contribution is -2.14. The van der Waals surface area contributed by atoms with Crippen molar-refractivity contribution < 1.29 is 4.74 Å². The lowest BCUT2D eigenvalue weighted by molar-refractivity contribution is 0.0397. The second-order valence-electron chi connectivity index (χ2n) is 5.12. The fourth-order valence-electron chi connectivity index (χ4n) is 2.68. The molecule has 1 unspecified atom stereocenters. The Morgan fingerprint density at radius 2 is 2.11 bits per heavy atom. The van der Waals surface area contributed by atoms with Crippen LogP contribution >= 0.6 is 0 Å². The van der Waals surface area contributed by atoms with Crippen molar-refractivity contribution in [2.45, 2.75) is 52.3 Å². The molecule has 1 N–H and O–H groups in total. The van der Waals surface area contributed by atoms with Gasteiger partial charge < -0.3 is 10.1 Å². The van der Waals surface area contributed by atoms with Crippen LogP contribution in [0.15, 0.2) is 0 Å². The molecule has 2 aliphatic rings. The lowest BCUT2D eigenvalue weighted by atomic mass is 10.1. The van der Waals surface area contributed by atoms with Gasteiger partial charge >= 0.3 is 0 Å². The van der Waals surface area contributed by atoms with E-state index in [-0.39, 0.29) is 6.10 Å². The maximum absolute atomic E-state index is 5.87. The molecule has 1 aliphatic carbocycles.